The van der Waals surface area contributed by atoms with Crippen LogP contribution < -0.4 is 4.74 Å². The van der Waals surface area contributed by atoms with Gasteiger partial charge >= 0.3 is 5.97 Å². The van der Waals surface area contributed by atoms with Crippen molar-refractivity contribution in [2.45, 2.75) is 24.6 Å². The molecular weight excluding hydrogens is 312 g/mol. The molecular formula is C17H22N2O5. The number of carboxylic acids is 1. The molecule has 2 aliphatic rings. The Morgan fingerprint density at radius 1 is 1.33 bits per heavy atom. The smallest absolute Gasteiger partial charge is 0.328 e. The number of nitrogens with zero attached hydrogens (tertiary/aromatic N) is 2. The van der Waals surface area contributed by atoms with E-state index in [1.807, 2.05) is 7.05 Å². The minimum atomic E-state index is -1.04. The molecule has 2 aliphatic heterocycles. The quantitative estimate of drug-likeness (QED) is 0.890. The maximum absolute atomic E-state index is 13.1. The van der Waals surface area contributed by atoms with Crippen molar-refractivity contribution in [3.8, 4) is 5.75 Å². The first-order valence-corrected chi connectivity index (χ1v) is 8.00. The van der Waals surface area contributed by atoms with Crippen LogP contribution in [0.2, 0.25) is 0 Å². The van der Waals surface area contributed by atoms with Crippen LogP contribution in [-0.4, -0.2) is 72.4 Å². The summed E-state index contributed by atoms with van der Waals surface area (Å²) in [4.78, 5) is 28.3. The molecule has 130 valence electrons. The number of hydrogen-bond donors (Lipinski definition) is 1. The van der Waals surface area contributed by atoms with Gasteiger partial charge in [0.15, 0.2) is 6.04 Å². The lowest BCUT2D eigenvalue weighted by Gasteiger charge is -2.43. The third-order valence-corrected chi connectivity index (χ3v) is 4.85. The minimum Gasteiger partial charge on any atom is -0.497 e. The van der Waals surface area contributed by atoms with Crippen LogP contribution >= 0.6 is 0 Å². The fourth-order valence-electron chi connectivity index (χ4n) is 3.42. The van der Waals surface area contributed by atoms with Crippen LogP contribution in [0, 0.1) is 0 Å². The largest absolute Gasteiger partial charge is 0.497 e. The van der Waals surface area contributed by atoms with E-state index in [2.05, 4.69) is 4.90 Å². The van der Waals surface area contributed by atoms with E-state index in [1.165, 1.54) is 12.0 Å². The number of methoxy groups -OCH3 is 1. The third kappa shape index (κ3) is 2.85. The second-order valence-corrected chi connectivity index (χ2v) is 6.32. The van der Waals surface area contributed by atoms with Gasteiger partial charge < -0.3 is 19.5 Å². The Morgan fingerprint density at radius 3 is 2.67 bits per heavy atom. The molecule has 7 nitrogen and oxygen atoms in total. The van der Waals surface area contributed by atoms with E-state index >= 15 is 0 Å². The molecule has 1 atom stereocenters. The predicted molar refractivity (Wildman–Crippen MR) is 86.0 cm³/mol. The van der Waals surface area contributed by atoms with Crippen molar-refractivity contribution in [2.75, 3.05) is 33.9 Å². The summed E-state index contributed by atoms with van der Waals surface area (Å²) in [5.74, 6) is -0.810. The summed E-state index contributed by atoms with van der Waals surface area (Å²) in [5, 5.41) is 9.54. The first-order valence-electron chi connectivity index (χ1n) is 8.00. The molecule has 0 aliphatic carbocycles. The number of carbonyl (C=O) groups excluding carboxylic acids is 1. The summed E-state index contributed by atoms with van der Waals surface area (Å²) < 4.78 is 11.0. The maximum atomic E-state index is 13.1. The average Bonchev–Trinajstić information content (AvgIpc) is 2.96. The van der Waals surface area contributed by atoms with Gasteiger partial charge in [0, 0.05) is 31.5 Å². The first kappa shape index (κ1) is 16.7. The predicted octanol–water partition coefficient (Wildman–Crippen LogP) is 1.04. The fourth-order valence-corrected chi connectivity index (χ4v) is 3.42. The molecule has 2 heterocycles. The summed E-state index contributed by atoms with van der Waals surface area (Å²) in [6.07, 6.45) is 1.20. The van der Waals surface area contributed by atoms with Crippen LogP contribution in [0.15, 0.2) is 24.3 Å². The number of likely N-dealkylation sites (tertiary alicyclic amines) is 1. The minimum absolute atomic E-state index is 0.0226. The van der Waals surface area contributed by atoms with E-state index in [9.17, 15) is 14.7 Å². The second-order valence-electron chi connectivity index (χ2n) is 6.32. The Hall–Kier alpha value is -2.12. The molecule has 0 unspecified atom stereocenters. The van der Waals surface area contributed by atoms with Gasteiger partial charge in [-0.3, -0.25) is 9.69 Å². The van der Waals surface area contributed by atoms with Crippen molar-refractivity contribution in [3.63, 3.8) is 0 Å². The van der Waals surface area contributed by atoms with E-state index in [0.29, 0.717) is 24.2 Å². The lowest BCUT2D eigenvalue weighted by atomic mass is 9.97. The number of piperidine rings is 1. The third-order valence-electron chi connectivity index (χ3n) is 4.85. The van der Waals surface area contributed by atoms with Gasteiger partial charge in [0.1, 0.15) is 11.5 Å². The monoisotopic (exact) mass is 334 g/mol. The Labute approximate surface area is 140 Å². The number of carbonyl (C=O) groups is 2. The van der Waals surface area contributed by atoms with E-state index in [-0.39, 0.29) is 12.5 Å². The van der Waals surface area contributed by atoms with Crippen molar-refractivity contribution in [1.29, 1.82) is 0 Å². The molecule has 3 rings (SSSR count). The number of amides is 1. The molecule has 1 aromatic carbocycles. The zero-order valence-electron chi connectivity index (χ0n) is 13.9. The van der Waals surface area contributed by atoms with Gasteiger partial charge in [0.05, 0.1) is 13.7 Å². The van der Waals surface area contributed by atoms with Gasteiger partial charge in [-0.05, 0) is 25.2 Å². The van der Waals surface area contributed by atoms with Crippen molar-refractivity contribution in [3.05, 3.63) is 29.8 Å². The highest BCUT2D eigenvalue weighted by Crippen LogP contribution is 2.38. The number of benzene rings is 1. The van der Waals surface area contributed by atoms with E-state index in [1.54, 1.807) is 24.3 Å². The van der Waals surface area contributed by atoms with Gasteiger partial charge in [-0.2, -0.15) is 0 Å². The van der Waals surface area contributed by atoms with Crippen LogP contribution in [0.25, 0.3) is 0 Å². The zero-order valence-corrected chi connectivity index (χ0v) is 13.9. The molecule has 1 amide bonds. The van der Waals surface area contributed by atoms with Gasteiger partial charge in [0.2, 0.25) is 0 Å². The molecule has 0 bridgehead atoms. The van der Waals surface area contributed by atoms with Crippen LogP contribution in [0.1, 0.15) is 23.2 Å². The average molecular weight is 334 g/mol. The topological polar surface area (TPSA) is 79.3 Å². The Morgan fingerprint density at radius 2 is 2.04 bits per heavy atom. The number of rotatable bonds is 3. The van der Waals surface area contributed by atoms with Crippen LogP contribution in [0.3, 0.4) is 0 Å². The maximum Gasteiger partial charge on any atom is 0.328 e. The second kappa shape index (κ2) is 6.41. The highest BCUT2D eigenvalue weighted by molar-refractivity contribution is 5.97. The van der Waals surface area contributed by atoms with E-state index < -0.39 is 17.7 Å². The Balaban J connectivity index is 1.95. The van der Waals surface area contributed by atoms with Gasteiger partial charge in [0.25, 0.3) is 5.91 Å². The summed E-state index contributed by atoms with van der Waals surface area (Å²) in [6, 6.07) is 5.80. The first-order chi connectivity index (χ1) is 11.5. The molecule has 2 fully saturated rings. The summed E-state index contributed by atoms with van der Waals surface area (Å²) in [7, 11) is 3.53. The number of hydrogen-bond acceptors (Lipinski definition) is 5. The molecule has 7 heteroatoms. The van der Waals surface area contributed by atoms with Crippen LogP contribution in [-0.2, 0) is 9.53 Å². The molecule has 1 N–H and O–H groups in total. The highest BCUT2D eigenvalue weighted by Gasteiger charge is 2.53. The molecule has 24 heavy (non-hydrogen) atoms. The van der Waals surface area contributed by atoms with Crippen molar-refractivity contribution < 1.29 is 24.2 Å². The van der Waals surface area contributed by atoms with E-state index in [4.69, 9.17) is 9.47 Å². The van der Waals surface area contributed by atoms with Crippen molar-refractivity contribution >= 4 is 11.9 Å². The number of carboxylic acid groups (broad SMARTS) is 1. The van der Waals surface area contributed by atoms with E-state index in [0.717, 1.165) is 13.1 Å². The highest BCUT2D eigenvalue weighted by atomic mass is 16.5. The van der Waals surface area contributed by atoms with Crippen LogP contribution in [0.5, 0.6) is 5.75 Å². The van der Waals surface area contributed by atoms with Gasteiger partial charge in [-0.25, -0.2) is 4.79 Å². The number of ether oxygens (including phenoxy) is 2. The molecule has 1 spiro atoms. The zero-order chi connectivity index (χ0) is 17.3. The Kier molecular flexibility index (Phi) is 4.47. The SMILES string of the molecule is COc1cccc(C(=O)N2[C@H](C(=O)O)COC23CCN(C)CC3)c1. The van der Waals surface area contributed by atoms with Crippen LogP contribution in [0.4, 0.5) is 0 Å². The molecule has 0 saturated carbocycles. The van der Waals surface area contributed by atoms with Gasteiger partial charge in [-0.1, -0.05) is 6.07 Å². The standard InChI is InChI=1S/C17H22N2O5/c1-18-8-6-17(7-9-18)19(14(11-24-17)16(21)22)15(20)12-4-3-5-13(10-12)23-2/h3-5,10,14H,6-9,11H2,1-2H3,(H,21,22)/t14-/m0/s1. The lowest BCUT2D eigenvalue weighted by Crippen LogP contribution is -2.57. The molecule has 2 saturated heterocycles. The molecule has 0 radical (unpaired) electrons. The van der Waals surface area contributed by atoms with Crippen molar-refractivity contribution in [2.24, 2.45) is 0 Å². The normalized spacial score (nSPS) is 23.4. The lowest BCUT2D eigenvalue weighted by molar-refractivity contribution is -0.143. The summed E-state index contributed by atoms with van der Waals surface area (Å²) >= 11 is 0. The summed E-state index contributed by atoms with van der Waals surface area (Å²) in [5.41, 5.74) is -0.431. The molecule has 1 aromatic rings. The Bertz CT molecular complexity index is 640. The van der Waals surface area contributed by atoms with Gasteiger partial charge in [-0.15, -0.1) is 0 Å². The summed E-state index contributed by atoms with van der Waals surface area (Å²) in [6.45, 7) is 1.54. The molecule has 0 aromatic heterocycles. The number of aliphatic carboxylic acids is 1. The fraction of sp³-hybridized carbons (Fsp3) is 0.529. The van der Waals surface area contributed by atoms with Crippen molar-refractivity contribution in [1.82, 2.24) is 9.80 Å².